The first kappa shape index (κ1) is 12.8. The van der Waals surface area contributed by atoms with E-state index < -0.39 is 0 Å². The fourth-order valence-corrected chi connectivity index (χ4v) is 4.29. The van der Waals surface area contributed by atoms with E-state index in [0.717, 1.165) is 56.3 Å². The normalized spacial score (nSPS) is 34.5. The minimum Gasteiger partial charge on any atom is -0.338 e. The average molecular weight is 276 g/mol. The van der Waals surface area contributed by atoms with Gasteiger partial charge in [0.25, 0.3) is 0 Å². The summed E-state index contributed by atoms with van der Waals surface area (Å²) in [6.45, 7) is 5.20. The van der Waals surface area contributed by atoms with Crippen LogP contribution in [0.5, 0.6) is 0 Å². The lowest BCUT2D eigenvalue weighted by Crippen LogP contribution is -2.27. The van der Waals surface area contributed by atoms with Crippen LogP contribution in [-0.2, 0) is 6.54 Å². The predicted octanol–water partition coefficient (Wildman–Crippen LogP) is 1.77. The number of hydrogen-bond donors (Lipinski definition) is 1. The monoisotopic (exact) mass is 276 g/mol. The number of fused-ring (bicyclic) bond motifs is 2. The van der Waals surface area contributed by atoms with Crippen LogP contribution >= 0.6 is 0 Å². The van der Waals surface area contributed by atoms with Gasteiger partial charge < -0.3 is 9.84 Å². The van der Waals surface area contributed by atoms with E-state index in [1.807, 2.05) is 0 Å². The molecule has 5 heteroatoms. The molecule has 3 atom stereocenters. The summed E-state index contributed by atoms with van der Waals surface area (Å²) in [6.07, 6.45) is 6.68. The van der Waals surface area contributed by atoms with E-state index >= 15 is 0 Å². The molecule has 1 saturated heterocycles. The first-order valence-electron chi connectivity index (χ1n) is 8.14. The standard InChI is InChI=1S/C15H24N4O/c1-4-16-5-7-19(6-1)10-14-17-15(18-20-14)13-9-11-2-3-12(13)8-11/h11-13,16H,1-10H2. The molecule has 2 bridgehead atoms. The Morgan fingerprint density at radius 1 is 1.20 bits per heavy atom. The molecule has 0 aromatic carbocycles. The van der Waals surface area contributed by atoms with E-state index in [0.29, 0.717) is 5.92 Å². The Kier molecular flexibility index (Phi) is 3.48. The summed E-state index contributed by atoms with van der Waals surface area (Å²) in [6, 6.07) is 0. The SMILES string of the molecule is C1CNCCN(Cc2nc(C3CC4CCC3C4)no2)C1. The van der Waals surface area contributed by atoms with Gasteiger partial charge in [0.15, 0.2) is 5.82 Å². The third-order valence-corrected chi connectivity index (χ3v) is 5.35. The highest BCUT2D eigenvalue weighted by molar-refractivity contribution is 5.06. The van der Waals surface area contributed by atoms with Crippen molar-refractivity contribution in [2.24, 2.45) is 11.8 Å². The summed E-state index contributed by atoms with van der Waals surface area (Å²) in [7, 11) is 0. The number of nitrogens with zero attached hydrogens (tertiary/aromatic N) is 3. The fraction of sp³-hybridized carbons (Fsp3) is 0.867. The molecule has 1 aromatic rings. The van der Waals surface area contributed by atoms with Gasteiger partial charge in [0.1, 0.15) is 0 Å². The van der Waals surface area contributed by atoms with E-state index in [1.165, 1.54) is 32.1 Å². The molecule has 2 heterocycles. The molecule has 20 heavy (non-hydrogen) atoms. The molecule has 3 unspecified atom stereocenters. The molecule has 0 amide bonds. The third kappa shape index (κ3) is 2.49. The second kappa shape index (κ2) is 5.45. The Balaban J connectivity index is 1.40. The summed E-state index contributed by atoms with van der Waals surface area (Å²) >= 11 is 0. The van der Waals surface area contributed by atoms with Crippen LogP contribution in [-0.4, -0.2) is 41.2 Å². The Morgan fingerprint density at radius 3 is 3.05 bits per heavy atom. The van der Waals surface area contributed by atoms with Gasteiger partial charge >= 0.3 is 0 Å². The zero-order valence-electron chi connectivity index (χ0n) is 12.1. The largest absolute Gasteiger partial charge is 0.338 e. The van der Waals surface area contributed by atoms with Crippen molar-refractivity contribution in [3.8, 4) is 0 Å². The van der Waals surface area contributed by atoms with E-state index in [2.05, 4.69) is 15.4 Å². The van der Waals surface area contributed by atoms with Gasteiger partial charge in [0.05, 0.1) is 6.54 Å². The van der Waals surface area contributed by atoms with Crippen molar-refractivity contribution in [2.75, 3.05) is 26.2 Å². The summed E-state index contributed by atoms with van der Waals surface area (Å²) < 4.78 is 5.51. The molecule has 1 N–H and O–H groups in total. The summed E-state index contributed by atoms with van der Waals surface area (Å²) in [4.78, 5) is 7.11. The number of hydrogen-bond acceptors (Lipinski definition) is 5. The van der Waals surface area contributed by atoms with Gasteiger partial charge in [-0.15, -0.1) is 0 Å². The predicted molar refractivity (Wildman–Crippen MR) is 75.3 cm³/mol. The van der Waals surface area contributed by atoms with E-state index in [-0.39, 0.29) is 0 Å². The zero-order chi connectivity index (χ0) is 13.4. The van der Waals surface area contributed by atoms with Gasteiger partial charge in [-0.05, 0) is 50.6 Å². The highest BCUT2D eigenvalue weighted by atomic mass is 16.5. The summed E-state index contributed by atoms with van der Waals surface area (Å²) in [5.41, 5.74) is 0. The van der Waals surface area contributed by atoms with Crippen molar-refractivity contribution in [3.63, 3.8) is 0 Å². The van der Waals surface area contributed by atoms with Crippen molar-refractivity contribution in [3.05, 3.63) is 11.7 Å². The minimum absolute atomic E-state index is 0.581. The number of nitrogens with one attached hydrogen (secondary N) is 1. The van der Waals surface area contributed by atoms with Crippen LogP contribution in [0.15, 0.2) is 4.52 Å². The van der Waals surface area contributed by atoms with E-state index in [1.54, 1.807) is 0 Å². The van der Waals surface area contributed by atoms with Crippen LogP contribution in [0, 0.1) is 11.8 Å². The van der Waals surface area contributed by atoms with E-state index in [4.69, 9.17) is 9.51 Å². The second-order valence-corrected chi connectivity index (χ2v) is 6.71. The maximum absolute atomic E-state index is 5.51. The smallest absolute Gasteiger partial charge is 0.240 e. The maximum Gasteiger partial charge on any atom is 0.240 e. The molecular formula is C15H24N4O. The minimum atomic E-state index is 0.581. The third-order valence-electron chi connectivity index (χ3n) is 5.35. The maximum atomic E-state index is 5.51. The molecule has 3 aliphatic rings. The summed E-state index contributed by atoms with van der Waals surface area (Å²) in [5.74, 6) is 4.14. The van der Waals surface area contributed by atoms with Gasteiger partial charge in [-0.2, -0.15) is 4.98 Å². The highest BCUT2D eigenvalue weighted by Gasteiger charge is 2.42. The van der Waals surface area contributed by atoms with Crippen LogP contribution < -0.4 is 5.32 Å². The number of aromatic nitrogens is 2. The van der Waals surface area contributed by atoms with Gasteiger partial charge in [-0.3, -0.25) is 4.90 Å². The Labute approximate surface area is 120 Å². The lowest BCUT2D eigenvalue weighted by atomic mass is 9.88. The van der Waals surface area contributed by atoms with E-state index in [9.17, 15) is 0 Å². The highest BCUT2D eigenvalue weighted by Crippen LogP contribution is 2.52. The Hall–Kier alpha value is -0.940. The first-order chi connectivity index (χ1) is 9.88. The van der Waals surface area contributed by atoms with Gasteiger partial charge in [0, 0.05) is 19.0 Å². The molecular weight excluding hydrogens is 252 g/mol. The molecule has 2 saturated carbocycles. The molecule has 2 aliphatic carbocycles. The molecule has 4 rings (SSSR count). The molecule has 1 aliphatic heterocycles. The van der Waals surface area contributed by atoms with Crippen molar-refractivity contribution >= 4 is 0 Å². The topological polar surface area (TPSA) is 54.2 Å². The molecule has 110 valence electrons. The van der Waals surface area contributed by atoms with Crippen molar-refractivity contribution in [1.29, 1.82) is 0 Å². The first-order valence-corrected chi connectivity index (χ1v) is 8.14. The van der Waals surface area contributed by atoms with Crippen LogP contribution in [0.25, 0.3) is 0 Å². The van der Waals surface area contributed by atoms with Crippen molar-refractivity contribution < 1.29 is 4.52 Å². The Bertz CT molecular complexity index is 452. The van der Waals surface area contributed by atoms with Crippen LogP contribution in [0.3, 0.4) is 0 Å². The second-order valence-electron chi connectivity index (χ2n) is 6.71. The quantitative estimate of drug-likeness (QED) is 0.912. The number of rotatable bonds is 3. The zero-order valence-corrected chi connectivity index (χ0v) is 12.1. The molecule has 3 fully saturated rings. The molecule has 0 spiro atoms. The molecule has 1 aromatic heterocycles. The lowest BCUT2D eigenvalue weighted by Gasteiger charge is -2.18. The molecule has 0 radical (unpaired) electrons. The average Bonchev–Trinajstić information content (AvgIpc) is 3.13. The summed E-state index contributed by atoms with van der Waals surface area (Å²) in [5, 5.41) is 7.70. The van der Waals surface area contributed by atoms with Crippen molar-refractivity contribution in [2.45, 2.75) is 44.6 Å². The van der Waals surface area contributed by atoms with Crippen LogP contribution in [0.4, 0.5) is 0 Å². The van der Waals surface area contributed by atoms with Crippen molar-refractivity contribution in [1.82, 2.24) is 20.4 Å². The van der Waals surface area contributed by atoms with Gasteiger partial charge in [-0.1, -0.05) is 11.6 Å². The van der Waals surface area contributed by atoms with Gasteiger partial charge in [0.2, 0.25) is 5.89 Å². The van der Waals surface area contributed by atoms with Crippen LogP contribution in [0.2, 0.25) is 0 Å². The Morgan fingerprint density at radius 2 is 2.20 bits per heavy atom. The molecule has 5 nitrogen and oxygen atoms in total. The lowest BCUT2D eigenvalue weighted by molar-refractivity contribution is 0.238. The fourth-order valence-electron chi connectivity index (χ4n) is 4.29. The van der Waals surface area contributed by atoms with Crippen LogP contribution in [0.1, 0.15) is 49.7 Å². The van der Waals surface area contributed by atoms with Gasteiger partial charge in [-0.25, -0.2) is 0 Å².